The maximum absolute atomic E-state index is 14.1. The predicted octanol–water partition coefficient (Wildman–Crippen LogP) is 4.62. The molecule has 0 N–H and O–H groups in total. The molecule has 2 aromatic heterocycles. The summed E-state index contributed by atoms with van der Waals surface area (Å²) < 4.78 is 4.00. The van der Waals surface area contributed by atoms with E-state index in [2.05, 4.69) is 26.0 Å². The van der Waals surface area contributed by atoms with Crippen molar-refractivity contribution in [2.24, 2.45) is 0 Å². The van der Waals surface area contributed by atoms with E-state index in [4.69, 9.17) is 0 Å². The molecule has 4 heterocycles. The molecular formula is C32H30N4O2+2. The summed E-state index contributed by atoms with van der Waals surface area (Å²) in [6, 6.07) is 23.6. The SMILES string of the molecule is CC[n+]1cccc(C(=O)N2/C(=C3\Cc4ccccc4N3C(=O)c3ccc[n+](CC)c3)Cc3ccccc32)c1. The van der Waals surface area contributed by atoms with Crippen LogP contribution < -0.4 is 18.9 Å². The lowest BCUT2D eigenvalue weighted by Gasteiger charge is -2.26. The van der Waals surface area contributed by atoms with Gasteiger partial charge in [-0.3, -0.25) is 19.4 Å². The fourth-order valence-electron chi connectivity index (χ4n) is 5.44. The standard InChI is InChI=1S/C32H30N4O2/c1-3-33-17-9-13-25(21-33)31(37)35-27-15-7-5-11-23(27)19-29(35)30-20-24-12-6-8-16-28(24)36(30)32(38)26-14-10-18-34(4-2)22-26/h5-18,21-22H,3-4,19-20H2,1-2H3/q+2/b30-29+. The molecule has 188 valence electrons. The van der Waals surface area contributed by atoms with Crippen LogP contribution in [-0.4, -0.2) is 11.8 Å². The third-order valence-electron chi connectivity index (χ3n) is 7.40. The van der Waals surface area contributed by atoms with Crippen LogP contribution in [0.1, 0.15) is 45.7 Å². The Hall–Kier alpha value is -4.58. The zero-order valence-electron chi connectivity index (χ0n) is 21.7. The van der Waals surface area contributed by atoms with Crippen molar-refractivity contribution in [3.63, 3.8) is 0 Å². The molecule has 4 aromatic rings. The molecule has 0 saturated heterocycles. The fourth-order valence-corrected chi connectivity index (χ4v) is 5.44. The number of anilines is 2. The first-order valence-electron chi connectivity index (χ1n) is 13.1. The Balaban J connectivity index is 1.52. The van der Waals surface area contributed by atoms with Crippen molar-refractivity contribution in [1.82, 2.24) is 0 Å². The molecule has 38 heavy (non-hydrogen) atoms. The highest BCUT2D eigenvalue weighted by molar-refractivity contribution is 6.12. The van der Waals surface area contributed by atoms with Gasteiger partial charge >= 0.3 is 0 Å². The van der Waals surface area contributed by atoms with Gasteiger partial charge in [0.2, 0.25) is 0 Å². The number of aryl methyl sites for hydroxylation is 2. The Bertz CT molecular complexity index is 1490. The van der Waals surface area contributed by atoms with Gasteiger partial charge in [0.05, 0.1) is 22.8 Å². The Morgan fingerprint density at radius 1 is 0.632 bits per heavy atom. The molecule has 0 bridgehead atoms. The zero-order valence-corrected chi connectivity index (χ0v) is 21.7. The molecule has 0 fully saturated rings. The van der Waals surface area contributed by atoms with E-state index in [0.717, 1.165) is 47.0 Å². The van der Waals surface area contributed by atoms with Crippen LogP contribution in [0, 0.1) is 0 Å². The van der Waals surface area contributed by atoms with Crippen LogP contribution in [-0.2, 0) is 25.9 Å². The first-order valence-corrected chi connectivity index (χ1v) is 13.1. The second-order valence-corrected chi connectivity index (χ2v) is 9.63. The van der Waals surface area contributed by atoms with E-state index in [1.165, 1.54) is 0 Å². The summed E-state index contributed by atoms with van der Waals surface area (Å²) >= 11 is 0. The Kier molecular flexibility index (Phi) is 6.08. The second kappa shape index (κ2) is 9.71. The number of hydrogen-bond acceptors (Lipinski definition) is 2. The number of fused-ring (bicyclic) bond motifs is 2. The number of aromatic nitrogens is 2. The van der Waals surface area contributed by atoms with Crippen molar-refractivity contribution < 1.29 is 18.7 Å². The summed E-state index contributed by atoms with van der Waals surface area (Å²) in [5.74, 6) is -0.181. The quantitative estimate of drug-likeness (QED) is 0.383. The van der Waals surface area contributed by atoms with Gasteiger partial charge in [0, 0.05) is 25.0 Å². The Morgan fingerprint density at radius 2 is 1.05 bits per heavy atom. The van der Waals surface area contributed by atoms with Crippen molar-refractivity contribution in [3.05, 3.63) is 131 Å². The van der Waals surface area contributed by atoms with Gasteiger partial charge in [-0.1, -0.05) is 36.4 Å². The maximum Gasteiger partial charge on any atom is 0.268 e. The van der Waals surface area contributed by atoms with Crippen molar-refractivity contribution in [2.45, 2.75) is 39.8 Å². The maximum atomic E-state index is 14.1. The van der Waals surface area contributed by atoms with Gasteiger partial charge in [0.25, 0.3) is 11.8 Å². The van der Waals surface area contributed by atoms with Gasteiger partial charge in [0.1, 0.15) is 24.2 Å². The molecule has 2 amide bonds. The lowest BCUT2D eigenvalue weighted by Crippen LogP contribution is -2.38. The molecule has 2 aromatic carbocycles. The van der Waals surface area contributed by atoms with E-state index in [9.17, 15) is 9.59 Å². The number of pyridine rings is 2. The average Bonchev–Trinajstić information content (AvgIpc) is 3.55. The number of carbonyl (C=O) groups is 2. The minimum Gasteiger partial charge on any atom is -0.278 e. The number of benzene rings is 2. The van der Waals surface area contributed by atoms with E-state index < -0.39 is 0 Å². The second-order valence-electron chi connectivity index (χ2n) is 9.63. The first-order chi connectivity index (χ1) is 18.6. The van der Waals surface area contributed by atoms with Gasteiger partial charge in [-0.15, -0.1) is 0 Å². The number of rotatable bonds is 4. The number of carbonyl (C=O) groups excluding carboxylic acids is 2. The Labute approximate surface area is 222 Å². The fraction of sp³-hybridized carbons (Fsp3) is 0.188. The Morgan fingerprint density at radius 3 is 1.47 bits per heavy atom. The number of nitrogens with zero attached hydrogens (tertiary/aromatic N) is 4. The van der Waals surface area contributed by atoms with Crippen molar-refractivity contribution in [1.29, 1.82) is 0 Å². The van der Waals surface area contributed by atoms with Gasteiger partial charge in [-0.05, 0) is 49.2 Å². The zero-order chi connectivity index (χ0) is 26.2. The number of allylic oxidation sites excluding steroid dienone is 2. The highest BCUT2D eigenvalue weighted by Gasteiger charge is 2.39. The molecule has 6 rings (SSSR count). The van der Waals surface area contributed by atoms with E-state index in [1.807, 2.05) is 104 Å². The number of para-hydroxylation sites is 2. The highest BCUT2D eigenvalue weighted by atomic mass is 16.2. The van der Waals surface area contributed by atoms with E-state index in [0.29, 0.717) is 24.0 Å². The van der Waals surface area contributed by atoms with Crippen molar-refractivity contribution in [2.75, 3.05) is 9.80 Å². The lowest BCUT2D eigenvalue weighted by molar-refractivity contribution is -0.693. The molecule has 0 radical (unpaired) electrons. The third-order valence-corrected chi connectivity index (χ3v) is 7.40. The minimum atomic E-state index is -0.0906. The summed E-state index contributed by atoms with van der Waals surface area (Å²) in [6.45, 7) is 5.66. The number of amides is 2. The molecule has 2 aliphatic rings. The van der Waals surface area contributed by atoms with Crippen LogP contribution >= 0.6 is 0 Å². The smallest absolute Gasteiger partial charge is 0.268 e. The largest absolute Gasteiger partial charge is 0.278 e. The highest BCUT2D eigenvalue weighted by Crippen LogP contribution is 2.43. The van der Waals surface area contributed by atoms with Gasteiger partial charge in [-0.2, -0.15) is 0 Å². The van der Waals surface area contributed by atoms with E-state index in [1.54, 1.807) is 0 Å². The molecule has 6 heteroatoms. The van der Waals surface area contributed by atoms with Crippen LogP contribution in [0.15, 0.2) is 109 Å². The van der Waals surface area contributed by atoms with Crippen LogP contribution in [0.4, 0.5) is 11.4 Å². The molecule has 0 aliphatic carbocycles. The average molecular weight is 503 g/mol. The molecule has 0 atom stereocenters. The molecule has 0 saturated carbocycles. The van der Waals surface area contributed by atoms with Crippen LogP contribution in [0.3, 0.4) is 0 Å². The monoisotopic (exact) mass is 502 g/mol. The van der Waals surface area contributed by atoms with Crippen LogP contribution in [0.25, 0.3) is 0 Å². The van der Waals surface area contributed by atoms with Crippen molar-refractivity contribution in [3.8, 4) is 0 Å². The number of hydrogen-bond donors (Lipinski definition) is 0. The molecule has 0 unspecified atom stereocenters. The van der Waals surface area contributed by atoms with Crippen LogP contribution in [0.2, 0.25) is 0 Å². The topological polar surface area (TPSA) is 48.4 Å². The van der Waals surface area contributed by atoms with Gasteiger partial charge in [0.15, 0.2) is 24.8 Å². The van der Waals surface area contributed by atoms with E-state index in [-0.39, 0.29) is 11.8 Å². The predicted molar refractivity (Wildman–Crippen MR) is 146 cm³/mol. The molecule has 6 nitrogen and oxygen atoms in total. The van der Waals surface area contributed by atoms with E-state index >= 15 is 0 Å². The van der Waals surface area contributed by atoms with Gasteiger partial charge < -0.3 is 0 Å². The summed E-state index contributed by atoms with van der Waals surface area (Å²) in [5.41, 5.74) is 6.84. The third kappa shape index (κ3) is 3.98. The molecule has 0 spiro atoms. The van der Waals surface area contributed by atoms with Crippen molar-refractivity contribution >= 4 is 23.2 Å². The summed E-state index contributed by atoms with van der Waals surface area (Å²) in [4.78, 5) is 31.9. The molecular weight excluding hydrogens is 472 g/mol. The minimum absolute atomic E-state index is 0.0906. The summed E-state index contributed by atoms with van der Waals surface area (Å²) in [7, 11) is 0. The van der Waals surface area contributed by atoms with Crippen LogP contribution in [0.5, 0.6) is 0 Å². The summed E-state index contributed by atoms with van der Waals surface area (Å²) in [5, 5.41) is 0. The first kappa shape index (κ1) is 23.8. The summed E-state index contributed by atoms with van der Waals surface area (Å²) in [6.07, 6.45) is 8.88. The molecule has 2 aliphatic heterocycles. The lowest BCUT2D eigenvalue weighted by atomic mass is 10.1. The van der Waals surface area contributed by atoms with Gasteiger partial charge in [-0.25, -0.2) is 9.13 Å². The normalized spacial score (nSPS) is 15.9.